The molecule has 0 fully saturated rings. The molecule has 0 amide bonds. The predicted octanol–water partition coefficient (Wildman–Crippen LogP) is 2.59. The molecule has 0 saturated heterocycles. The summed E-state index contributed by atoms with van der Waals surface area (Å²) in [6.45, 7) is 10.0. The number of aliphatic imine (C=N–C) groups is 1. The number of ether oxygens (including phenoxy) is 1. The monoisotopic (exact) mass is 320 g/mol. The van der Waals surface area contributed by atoms with Gasteiger partial charge in [-0.1, -0.05) is 30.7 Å². The highest BCUT2D eigenvalue weighted by Crippen LogP contribution is 2.14. The quantitative estimate of drug-likeness (QED) is 0.459. The van der Waals surface area contributed by atoms with Gasteiger partial charge >= 0.3 is 0 Å². The van der Waals surface area contributed by atoms with Crippen molar-refractivity contribution in [2.24, 2.45) is 4.99 Å². The Morgan fingerprint density at radius 2 is 2.26 bits per heavy atom. The van der Waals surface area contributed by atoms with E-state index in [0.717, 1.165) is 56.6 Å². The number of nitrogens with zero attached hydrogens (tertiary/aromatic N) is 2. The third-order valence-electron chi connectivity index (χ3n) is 3.70. The Hall–Kier alpha value is -1.82. The highest BCUT2D eigenvalue weighted by atomic mass is 16.5. The van der Waals surface area contributed by atoms with E-state index in [0.29, 0.717) is 12.5 Å². The fraction of sp³-hybridized carbons (Fsp3) is 0.647. The molecule has 0 spiro atoms. The van der Waals surface area contributed by atoms with E-state index in [2.05, 4.69) is 47.6 Å². The average Bonchev–Trinajstić information content (AvgIpc) is 3.03. The largest absolute Gasteiger partial charge is 0.377 e. The second kappa shape index (κ2) is 9.35. The molecule has 2 heterocycles. The lowest BCUT2D eigenvalue weighted by Gasteiger charge is -2.15. The van der Waals surface area contributed by atoms with Crippen LogP contribution in [0.2, 0.25) is 0 Å². The lowest BCUT2D eigenvalue weighted by atomic mass is 10.1. The van der Waals surface area contributed by atoms with Gasteiger partial charge in [-0.05, 0) is 25.7 Å². The maximum Gasteiger partial charge on any atom is 0.191 e. The maximum absolute atomic E-state index is 5.32. The lowest BCUT2D eigenvalue weighted by molar-refractivity contribution is 0.153. The second-order valence-corrected chi connectivity index (χ2v) is 5.93. The van der Waals surface area contributed by atoms with Crippen molar-refractivity contribution in [3.8, 4) is 0 Å². The van der Waals surface area contributed by atoms with Crippen molar-refractivity contribution >= 4 is 5.96 Å². The molecule has 1 aliphatic heterocycles. The van der Waals surface area contributed by atoms with Crippen LogP contribution >= 0.6 is 0 Å². The van der Waals surface area contributed by atoms with E-state index < -0.39 is 0 Å². The Bertz CT molecular complexity index is 534. The highest BCUT2D eigenvalue weighted by Gasteiger charge is 2.08. The van der Waals surface area contributed by atoms with Gasteiger partial charge in [-0.15, -0.1) is 0 Å². The average molecular weight is 320 g/mol. The summed E-state index contributed by atoms with van der Waals surface area (Å²) < 4.78 is 10.6. The van der Waals surface area contributed by atoms with Crippen LogP contribution in [0.25, 0.3) is 0 Å². The molecule has 0 unspecified atom stereocenters. The van der Waals surface area contributed by atoms with E-state index in [1.807, 2.05) is 6.07 Å². The van der Waals surface area contributed by atoms with Crippen LogP contribution in [0.15, 0.2) is 27.2 Å². The first kappa shape index (κ1) is 17.5. The summed E-state index contributed by atoms with van der Waals surface area (Å²) >= 11 is 0. The Morgan fingerprint density at radius 1 is 1.39 bits per heavy atom. The lowest BCUT2D eigenvalue weighted by Crippen LogP contribution is -2.37. The number of hydrogen-bond donors (Lipinski definition) is 2. The second-order valence-electron chi connectivity index (χ2n) is 5.93. The summed E-state index contributed by atoms with van der Waals surface area (Å²) in [7, 11) is 0. The third-order valence-corrected chi connectivity index (χ3v) is 3.70. The fourth-order valence-corrected chi connectivity index (χ4v) is 2.31. The summed E-state index contributed by atoms with van der Waals surface area (Å²) in [6.07, 6.45) is 4.23. The molecule has 0 bridgehead atoms. The Kier molecular flexibility index (Phi) is 7.13. The highest BCUT2D eigenvalue weighted by molar-refractivity contribution is 5.79. The van der Waals surface area contributed by atoms with Crippen molar-refractivity contribution in [2.75, 3.05) is 26.3 Å². The Labute approximate surface area is 138 Å². The molecule has 0 aromatic carbocycles. The van der Waals surface area contributed by atoms with Crippen LogP contribution in [-0.4, -0.2) is 37.4 Å². The van der Waals surface area contributed by atoms with Crippen LogP contribution in [0, 0.1) is 0 Å². The molecule has 23 heavy (non-hydrogen) atoms. The van der Waals surface area contributed by atoms with E-state index in [4.69, 9.17) is 9.26 Å². The summed E-state index contributed by atoms with van der Waals surface area (Å²) in [5.41, 5.74) is 2.43. The van der Waals surface area contributed by atoms with E-state index in [9.17, 15) is 0 Å². The van der Waals surface area contributed by atoms with Crippen molar-refractivity contribution in [3.63, 3.8) is 0 Å². The zero-order valence-corrected chi connectivity index (χ0v) is 14.4. The third kappa shape index (κ3) is 6.06. The zero-order chi connectivity index (χ0) is 16.5. The van der Waals surface area contributed by atoms with Gasteiger partial charge in [0.25, 0.3) is 0 Å². The van der Waals surface area contributed by atoms with Crippen molar-refractivity contribution < 1.29 is 9.26 Å². The molecule has 1 aliphatic rings. The minimum Gasteiger partial charge on any atom is -0.377 e. The van der Waals surface area contributed by atoms with Crippen LogP contribution in [0.4, 0.5) is 0 Å². The van der Waals surface area contributed by atoms with Crippen molar-refractivity contribution in [1.29, 1.82) is 0 Å². The van der Waals surface area contributed by atoms with Gasteiger partial charge in [0.1, 0.15) is 6.54 Å². The number of hydrogen-bond acceptors (Lipinski definition) is 4. The molecule has 0 radical (unpaired) electrons. The Morgan fingerprint density at radius 3 is 2.91 bits per heavy atom. The maximum atomic E-state index is 5.32. The minimum atomic E-state index is 0.371. The van der Waals surface area contributed by atoms with Gasteiger partial charge in [0.2, 0.25) is 0 Å². The molecule has 0 atom stereocenters. The predicted molar refractivity (Wildman–Crippen MR) is 91.5 cm³/mol. The fourth-order valence-electron chi connectivity index (χ4n) is 2.31. The number of aromatic nitrogens is 1. The van der Waals surface area contributed by atoms with Crippen LogP contribution in [-0.2, 0) is 11.3 Å². The molecular weight excluding hydrogens is 292 g/mol. The molecule has 6 heteroatoms. The van der Waals surface area contributed by atoms with Gasteiger partial charge < -0.3 is 19.9 Å². The van der Waals surface area contributed by atoms with Gasteiger partial charge in [0.15, 0.2) is 11.7 Å². The van der Waals surface area contributed by atoms with Gasteiger partial charge in [-0.25, -0.2) is 4.99 Å². The van der Waals surface area contributed by atoms with E-state index in [1.54, 1.807) is 0 Å². The number of nitrogens with one attached hydrogen (secondary N) is 2. The summed E-state index contributed by atoms with van der Waals surface area (Å²) in [4.78, 5) is 4.56. The summed E-state index contributed by atoms with van der Waals surface area (Å²) in [6, 6.07) is 1.98. The van der Waals surface area contributed by atoms with E-state index in [-0.39, 0.29) is 0 Å². The van der Waals surface area contributed by atoms with Crippen LogP contribution < -0.4 is 10.6 Å². The van der Waals surface area contributed by atoms with Gasteiger partial charge in [0.05, 0.1) is 18.9 Å². The van der Waals surface area contributed by atoms with Crippen molar-refractivity contribution in [3.05, 3.63) is 29.2 Å². The van der Waals surface area contributed by atoms with Crippen LogP contribution in [0.1, 0.15) is 51.0 Å². The first-order valence-electron chi connectivity index (χ1n) is 8.42. The van der Waals surface area contributed by atoms with E-state index in [1.165, 1.54) is 5.57 Å². The summed E-state index contributed by atoms with van der Waals surface area (Å²) in [5, 5.41) is 10.7. The van der Waals surface area contributed by atoms with Crippen LogP contribution in [0.3, 0.4) is 0 Å². The SMILES string of the molecule is CCNC(=NCc1cc(C(C)C)no1)NCCC1=CCOCC1. The normalized spacial score (nSPS) is 15.7. The molecule has 2 N–H and O–H groups in total. The first-order chi connectivity index (χ1) is 11.2. The number of guanidine groups is 1. The topological polar surface area (TPSA) is 71.7 Å². The van der Waals surface area contributed by atoms with Gasteiger partial charge in [-0.3, -0.25) is 0 Å². The molecule has 6 nitrogen and oxygen atoms in total. The molecular formula is C17H28N4O2. The molecule has 0 saturated carbocycles. The zero-order valence-electron chi connectivity index (χ0n) is 14.4. The van der Waals surface area contributed by atoms with Gasteiger partial charge in [0, 0.05) is 19.2 Å². The molecule has 1 aromatic heterocycles. The summed E-state index contributed by atoms with van der Waals surface area (Å²) in [5.74, 6) is 1.97. The number of rotatable bonds is 7. The standard InChI is InChI=1S/C17H28N4O2/c1-4-18-17(19-8-5-14-6-9-22-10-7-14)20-12-15-11-16(13(2)3)21-23-15/h6,11,13H,4-5,7-10,12H2,1-3H3,(H2,18,19,20). The van der Waals surface area contributed by atoms with Gasteiger partial charge in [-0.2, -0.15) is 0 Å². The van der Waals surface area contributed by atoms with Crippen LogP contribution in [0.5, 0.6) is 0 Å². The van der Waals surface area contributed by atoms with Crippen molar-refractivity contribution in [1.82, 2.24) is 15.8 Å². The van der Waals surface area contributed by atoms with Crippen molar-refractivity contribution in [2.45, 2.75) is 46.1 Å². The smallest absolute Gasteiger partial charge is 0.191 e. The Balaban J connectivity index is 1.82. The molecule has 1 aromatic rings. The first-order valence-corrected chi connectivity index (χ1v) is 8.42. The molecule has 128 valence electrons. The molecule has 2 rings (SSSR count). The van der Waals surface area contributed by atoms with E-state index >= 15 is 0 Å². The minimum absolute atomic E-state index is 0.371. The molecule has 0 aliphatic carbocycles.